The highest BCUT2D eigenvalue weighted by molar-refractivity contribution is 9.10. The molecule has 1 aromatic rings. The molecule has 0 amide bonds. The molecule has 0 saturated carbocycles. The summed E-state index contributed by atoms with van der Waals surface area (Å²) in [6.07, 6.45) is 0. The summed E-state index contributed by atoms with van der Waals surface area (Å²) < 4.78 is 6.54. The molecule has 1 N–H and O–H groups in total. The Bertz CT molecular complexity index is 342. The van der Waals surface area contributed by atoms with E-state index < -0.39 is 0 Å². The van der Waals surface area contributed by atoms with E-state index in [0.29, 0.717) is 6.04 Å². The van der Waals surface area contributed by atoms with Gasteiger partial charge in [0, 0.05) is 35.8 Å². The number of anilines is 1. The highest BCUT2D eigenvalue weighted by Gasteiger charge is 2.17. The van der Waals surface area contributed by atoms with Crippen molar-refractivity contribution in [2.45, 2.75) is 13.0 Å². The van der Waals surface area contributed by atoms with E-state index in [4.69, 9.17) is 4.74 Å². The molecule has 1 atom stereocenters. The molecular weight excluding hydrogens is 280 g/mol. The Morgan fingerprint density at radius 2 is 2.18 bits per heavy atom. The van der Waals surface area contributed by atoms with Gasteiger partial charge in [0.1, 0.15) is 0 Å². The van der Waals surface area contributed by atoms with Gasteiger partial charge >= 0.3 is 0 Å². The number of hydrogen-bond acceptors (Lipinski definition) is 3. The first-order valence-corrected chi connectivity index (χ1v) is 6.86. The van der Waals surface area contributed by atoms with Crippen molar-refractivity contribution in [1.82, 2.24) is 4.90 Å². The minimum atomic E-state index is 0.537. The van der Waals surface area contributed by atoms with Gasteiger partial charge in [-0.2, -0.15) is 0 Å². The lowest BCUT2D eigenvalue weighted by molar-refractivity contribution is 0.00181. The topological polar surface area (TPSA) is 24.5 Å². The average Bonchev–Trinajstić information content (AvgIpc) is 2.34. The predicted octanol–water partition coefficient (Wildman–Crippen LogP) is 2.58. The Labute approximate surface area is 111 Å². The van der Waals surface area contributed by atoms with E-state index in [1.807, 2.05) is 0 Å². The van der Waals surface area contributed by atoms with Gasteiger partial charge in [-0.25, -0.2) is 0 Å². The second kappa shape index (κ2) is 6.38. The third-order valence-corrected chi connectivity index (χ3v) is 3.61. The zero-order valence-corrected chi connectivity index (χ0v) is 11.7. The first kappa shape index (κ1) is 12.9. The van der Waals surface area contributed by atoms with Crippen molar-refractivity contribution in [3.8, 4) is 0 Å². The molecule has 1 aromatic carbocycles. The van der Waals surface area contributed by atoms with Crippen molar-refractivity contribution in [3.63, 3.8) is 0 Å². The summed E-state index contributed by atoms with van der Waals surface area (Å²) in [7, 11) is 0. The molecule has 2 rings (SSSR count). The molecule has 3 nitrogen and oxygen atoms in total. The molecule has 0 spiro atoms. The molecule has 0 aliphatic carbocycles. The van der Waals surface area contributed by atoms with E-state index in [0.717, 1.165) is 37.3 Å². The van der Waals surface area contributed by atoms with E-state index in [-0.39, 0.29) is 0 Å². The number of ether oxygens (including phenoxy) is 1. The van der Waals surface area contributed by atoms with E-state index in [2.05, 4.69) is 57.3 Å². The fraction of sp³-hybridized carbons (Fsp3) is 0.538. The number of rotatable bonds is 4. The SMILES string of the molecule is CC1COCCN1CCNc1ccc(Br)cc1. The maximum Gasteiger partial charge on any atom is 0.0619 e. The normalized spacial score (nSPS) is 21.4. The zero-order valence-electron chi connectivity index (χ0n) is 10.2. The standard InChI is InChI=1S/C13H19BrN2O/c1-11-10-17-9-8-16(11)7-6-15-13-4-2-12(14)3-5-13/h2-5,11,15H,6-10H2,1H3. The van der Waals surface area contributed by atoms with Crippen molar-refractivity contribution in [2.24, 2.45) is 0 Å². The van der Waals surface area contributed by atoms with Gasteiger partial charge in [-0.15, -0.1) is 0 Å². The third kappa shape index (κ3) is 3.98. The lowest BCUT2D eigenvalue weighted by Gasteiger charge is -2.33. The summed E-state index contributed by atoms with van der Waals surface area (Å²) in [6.45, 7) is 7.04. The van der Waals surface area contributed by atoms with Crippen LogP contribution < -0.4 is 5.32 Å². The maximum absolute atomic E-state index is 5.42. The Morgan fingerprint density at radius 1 is 1.41 bits per heavy atom. The van der Waals surface area contributed by atoms with Crippen LogP contribution in [0.4, 0.5) is 5.69 Å². The lowest BCUT2D eigenvalue weighted by Crippen LogP contribution is -2.45. The minimum Gasteiger partial charge on any atom is -0.384 e. The van der Waals surface area contributed by atoms with Crippen LogP contribution in [0.15, 0.2) is 28.7 Å². The van der Waals surface area contributed by atoms with Crippen LogP contribution in [0, 0.1) is 0 Å². The molecular formula is C13H19BrN2O. The number of nitrogens with zero attached hydrogens (tertiary/aromatic N) is 1. The first-order valence-electron chi connectivity index (χ1n) is 6.07. The van der Waals surface area contributed by atoms with Crippen molar-refractivity contribution in [1.29, 1.82) is 0 Å². The third-order valence-electron chi connectivity index (χ3n) is 3.08. The Morgan fingerprint density at radius 3 is 2.88 bits per heavy atom. The summed E-state index contributed by atoms with van der Waals surface area (Å²) in [5.41, 5.74) is 1.18. The van der Waals surface area contributed by atoms with E-state index in [1.165, 1.54) is 5.69 Å². The molecule has 0 aromatic heterocycles. The second-order valence-corrected chi connectivity index (χ2v) is 5.31. The maximum atomic E-state index is 5.42. The smallest absolute Gasteiger partial charge is 0.0619 e. The predicted molar refractivity (Wildman–Crippen MR) is 74.5 cm³/mol. The fourth-order valence-corrected chi connectivity index (χ4v) is 2.27. The molecule has 1 aliphatic rings. The highest BCUT2D eigenvalue weighted by atomic mass is 79.9. The number of morpholine rings is 1. The van der Waals surface area contributed by atoms with Crippen molar-refractivity contribution < 1.29 is 4.74 Å². The molecule has 0 radical (unpaired) electrons. The number of hydrogen-bond donors (Lipinski definition) is 1. The largest absolute Gasteiger partial charge is 0.384 e. The summed E-state index contributed by atoms with van der Waals surface area (Å²) in [5, 5.41) is 3.44. The molecule has 1 aliphatic heterocycles. The molecule has 4 heteroatoms. The molecule has 1 unspecified atom stereocenters. The van der Waals surface area contributed by atoms with Crippen molar-refractivity contribution in [3.05, 3.63) is 28.7 Å². The monoisotopic (exact) mass is 298 g/mol. The first-order chi connectivity index (χ1) is 8.25. The summed E-state index contributed by atoms with van der Waals surface area (Å²) in [5.74, 6) is 0. The molecule has 1 heterocycles. The van der Waals surface area contributed by atoms with Crippen molar-refractivity contribution >= 4 is 21.6 Å². The van der Waals surface area contributed by atoms with E-state index in [1.54, 1.807) is 0 Å². The van der Waals surface area contributed by atoms with Crippen LogP contribution >= 0.6 is 15.9 Å². The highest BCUT2D eigenvalue weighted by Crippen LogP contribution is 2.14. The van der Waals surface area contributed by atoms with Crippen LogP contribution in [-0.4, -0.2) is 43.8 Å². The zero-order chi connectivity index (χ0) is 12.1. The van der Waals surface area contributed by atoms with Gasteiger partial charge in [0.05, 0.1) is 13.2 Å². The van der Waals surface area contributed by atoms with E-state index >= 15 is 0 Å². The Balaban J connectivity index is 1.73. The molecule has 0 bridgehead atoms. The van der Waals surface area contributed by atoms with Gasteiger partial charge in [-0.3, -0.25) is 4.90 Å². The van der Waals surface area contributed by atoms with Crippen LogP contribution in [-0.2, 0) is 4.74 Å². The summed E-state index contributed by atoms with van der Waals surface area (Å²) in [6, 6.07) is 8.83. The number of benzene rings is 1. The summed E-state index contributed by atoms with van der Waals surface area (Å²) >= 11 is 3.43. The van der Waals surface area contributed by atoms with Gasteiger partial charge in [0.25, 0.3) is 0 Å². The van der Waals surface area contributed by atoms with Gasteiger partial charge < -0.3 is 10.1 Å². The van der Waals surface area contributed by atoms with Gasteiger partial charge in [-0.1, -0.05) is 15.9 Å². The van der Waals surface area contributed by atoms with Gasteiger partial charge in [0.15, 0.2) is 0 Å². The summed E-state index contributed by atoms with van der Waals surface area (Å²) in [4.78, 5) is 2.47. The number of halogens is 1. The second-order valence-electron chi connectivity index (χ2n) is 4.39. The average molecular weight is 299 g/mol. The van der Waals surface area contributed by atoms with Crippen LogP contribution in [0.25, 0.3) is 0 Å². The van der Waals surface area contributed by atoms with Crippen LogP contribution in [0.3, 0.4) is 0 Å². The fourth-order valence-electron chi connectivity index (χ4n) is 2.01. The molecule has 94 valence electrons. The van der Waals surface area contributed by atoms with Crippen LogP contribution in [0.2, 0.25) is 0 Å². The van der Waals surface area contributed by atoms with Crippen LogP contribution in [0.1, 0.15) is 6.92 Å². The minimum absolute atomic E-state index is 0.537. The van der Waals surface area contributed by atoms with Gasteiger partial charge in [0.2, 0.25) is 0 Å². The van der Waals surface area contributed by atoms with Crippen LogP contribution in [0.5, 0.6) is 0 Å². The Kier molecular flexibility index (Phi) is 4.83. The molecule has 1 fully saturated rings. The lowest BCUT2D eigenvalue weighted by atomic mass is 10.2. The van der Waals surface area contributed by atoms with Gasteiger partial charge in [-0.05, 0) is 31.2 Å². The van der Waals surface area contributed by atoms with Crippen molar-refractivity contribution in [2.75, 3.05) is 38.2 Å². The molecule has 1 saturated heterocycles. The molecule has 17 heavy (non-hydrogen) atoms. The number of nitrogens with one attached hydrogen (secondary N) is 1. The quantitative estimate of drug-likeness (QED) is 0.925. The Hall–Kier alpha value is -0.580. The van der Waals surface area contributed by atoms with E-state index in [9.17, 15) is 0 Å².